The van der Waals surface area contributed by atoms with Crippen molar-refractivity contribution in [3.05, 3.63) is 45.6 Å². The van der Waals surface area contributed by atoms with Gasteiger partial charge in [-0.15, -0.1) is 0 Å². The van der Waals surface area contributed by atoms with Crippen molar-refractivity contribution >= 4 is 40.4 Å². The van der Waals surface area contributed by atoms with Gasteiger partial charge < -0.3 is 20.5 Å². The Bertz CT molecular complexity index is 691. The SMILES string of the molecule is COc1ccc(Cl)cc1NC(=O)C(=O)NCC(O)c1ccsc1. The first-order valence-corrected chi connectivity index (χ1v) is 7.96. The normalized spacial score (nSPS) is 11.6. The molecule has 1 heterocycles. The van der Waals surface area contributed by atoms with Crippen LogP contribution in [0.5, 0.6) is 5.75 Å². The molecule has 122 valence electrons. The minimum Gasteiger partial charge on any atom is -0.495 e. The Kier molecular flexibility index (Phi) is 5.97. The molecule has 1 aromatic heterocycles. The molecular formula is C15H15ClN2O4S. The molecule has 2 aromatic rings. The quantitative estimate of drug-likeness (QED) is 0.718. The van der Waals surface area contributed by atoms with Gasteiger partial charge in [-0.2, -0.15) is 11.3 Å². The highest BCUT2D eigenvalue weighted by Gasteiger charge is 2.17. The Morgan fingerprint density at radius 2 is 2.13 bits per heavy atom. The highest BCUT2D eigenvalue weighted by Crippen LogP contribution is 2.27. The van der Waals surface area contributed by atoms with Crippen LogP contribution in [-0.2, 0) is 9.59 Å². The fourth-order valence-corrected chi connectivity index (χ4v) is 2.69. The largest absolute Gasteiger partial charge is 0.495 e. The molecular weight excluding hydrogens is 340 g/mol. The molecule has 0 aliphatic heterocycles. The average Bonchev–Trinajstić information content (AvgIpc) is 3.07. The molecule has 1 unspecified atom stereocenters. The zero-order valence-electron chi connectivity index (χ0n) is 12.2. The Morgan fingerprint density at radius 3 is 2.78 bits per heavy atom. The van der Waals surface area contributed by atoms with Gasteiger partial charge in [0.2, 0.25) is 0 Å². The van der Waals surface area contributed by atoms with E-state index in [2.05, 4.69) is 10.6 Å². The minimum atomic E-state index is -0.872. The molecule has 0 radical (unpaired) electrons. The molecule has 23 heavy (non-hydrogen) atoms. The Labute approximate surface area is 142 Å². The van der Waals surface area contributed by atoms with E-state index in [-0.39, 0.29) is 6.54 Å². The van der Waals surface area contributed by atoms with Crippen LogP contribution in [-0.4, -0.2) is 30.6 Å². The summed E-state index contributed by atoms with van der Waals surface area (Å²) in [7, 11) is 1.44. The number of amides is 2. The predicted molar refractivity (Wildman–Crippen MR) is 88.9 cm³/mol. The molecule has 0 aliphatic carbocycles. The number of anilines is 1. The van der Waals surface area contributed by atoms with E-state index in [1.165, 1.54) is 24.5 Å². The summed E-state index contributed by atoms with van der Waals surface area (Å²) in [5.74, 6) is -1.35. The summed E-state index contributed by atoms with van der Waals surface area (Å²) in [6.45, 7) is -0.0599. The van der Waals surface area contributed by atoms with Crippen LogP contribution in [0.2, 0.25) is 5.02 Å². The van der Waals surface area contributed by atoms with Gasteiger partial charge in [-0.3, -0.25) is 9.59 Å². The lowest BCUT2D eigenvalue weighted by Crippen LogP contribution is -2.37. The van der Waals surface area contributed by atoms with Gasteiger partial charge in [0, 0.05) is 11.6 Å². The zero-order chi connectivity index (χ0) is 16.8. The maximum atomic E-state index is 11.9. The first-order chi connectivity index (χ1) is 11.0. The number of aliphatic hydroxyl groups excluding tert-OH is 1. The summed E-state index contributed by atoms with van der Waals surface area (Å²) in [6, 6.07) is 6.41. The summed E-state index contributed by atoms with van der Waals surface area (Å²) in [5.41, 5.74) is 0.978. The maximum Gasteiger partial charge on any atom is 0.313 e. The number of hydrogen-bond acceptors (Lipinski definition) is 5. The van der Waals surface area contributed by atoms with Gasteiger partial charge in [0.1, 0.15) is 5.75 Å². The number of hydrogen-bond donors (Lipinski definition) is 3. The maximum absolute atomic E-state index is 11.9. The number of aliphatic hydroxyl groups is 1. The number of halogens is 1. The number of rotatable bonds is 5. The molecule has 0 bridgehead atoms. The molecule has 1 aromatic carbocycles. The average molecular weight is 355 g/mol. The number of methoxy groups -OCH3 is 1. The fraction of sp³-hybridized carbons (Fsp3) is 0.200. The summed E-state index contributed by atoms with van der Waals surface area (Å²) in [6.07, 6.45) is -0.862. The fourth-order valence-electron chi connectivity index (χ4n) is 1.81. The molecule has 3 N–H and O–H groups in total. The monoisotopic (exact) mass is 354 g/mol. The first-order valence-electron chi connectivity index (χ1n) is 6.64. The molecule has 0 fully saturated rings. The number of carbonyl (C=O) groups excluding carboxylic acids is 2. The van der Waals surface area contributed by atoms with Crippen molar-refractivity contribution < 1.29 is 19.4 Å². The number of benzene rings is 1. The standard InChI is InChI=1S/C15H15ClN2O4S/c1-22-13-3-2-10(16)6-11(13)18-15(21)14(20)17-7-12(19)9-4-5-23-8-9/h2-6,8,12,19H,7H2,1H3,(H,17,20)(H,18,21). The Hall–Kier alpha value is -2.09. The number of carbonyl (C=O) groups is 2. The van der Waals surface area contributed by atoms with Gasteiger partial charge in [0.05, 0.1) is 18.9 Å². The zero-order valence-corrected chi connectivity index (χ0v) is 13.8. The molecule has 1 atom stereocenters. The summed E-state index contributed by atoms with van der Waals surface area (Å²) in [5, 5.41) is 18.7. The number of thiophene rings is 1. The van der Waals surface area contributed by atoms with Gasteiger partial charge in [-0.05, 0) is 40.6 Å². The van der Waals surface area contributed by atoms with Crippen LogP contribution in [0.25, 0.3) is 0 Å². The lowest BCUT2D eigenvalue weighted by molar-refractivity contribution is -0.136. The minimum absolute atomic E-state index is 0.0599. The predicted octanol–water partition coefficient (Wildman–Crippen LogP) is 2.20. The second kappa shape index (κ2) is 7.96. The highest BCUT2D eigenvalue weighted by molar-refractivity contribution is 7.07. The number of nitrogens with one attached hydrogen (secondary N) is 2. The van der Waals surface area contributed by atoms with Gasteiger partial charge in [0.15, 0.2) is 0 Å². The Morgan fingerprint density at radius 1 is 1.35 bits per heavy atom. The third kappa shape index (κ3) is 4.69. The van der Waals surface area contributed by atoms with E-state index in [4.69, 9.17) is 16.3 Å². The van der Waals surface area contributed by atoms with Crippen LogP contribution in [0.4, 0.5) is 5.69 Å². The molecule has 2 rings (SSSR count). The van der Waals surface area contributed by atoms with Crippen LogP contribution >= 0.6 is 22.9 Å². The first kappa shape index (κ1) is 17.3. The van der Waals surface area contributed by atoms with E-state index in [0.29, 0.717) is 22.0 Å². The third-order valence-electron chi connectivity index (χ3n) is 3.00. The van der Waals surface area contributed by atoms with E-state index < -0.39 is 17.9 Å². The number of ether oxygens (including phenoxy) is 1. The molecule has 0 saturated carbocycles. The van der Waals surface area contributed by atoms with E-state index in [0.717, 1.165) is 0 Å². The van der Waals surface area contributed by atoms with Crippen LogP contribution in [0, 0.1) is 0 Å². The molecule has 0 saturated heterocycles. The van der Waals surface area contributed by atoms with Gasteiger partial charge >= 0.3 is 11.8 Å². The lowest BCUT2D eigenvalue weighted by Gasteiger charge is -2.12. The van der Waals surface area contributed by atoms with Crippen LogP contribution in [0.1, 0.15) is 11.7 Å². The van der Waals surface area contributed by atoms with Crippen molar-refractivity contribution in [1.29, 1.82) is 0 Å². The van der Waals surface area contributed by atoms with Gasteiger partial charge in [-0.25, -0.2) is 0 Å². The van der Waals surface area contributed by atoms with Crippen molar-refractivity contribution in [2.75, 3.05) is 19.0 Å². The second-order valence-corrected chi connectivity index (χ2v) is 5.80. The van der Waals surface area contributed by atoms with Crippen molar-refractivity contribution in [3.63, 3.8) is 0 Å². The van der Waals surface area contributed by atoms with Crippen molar-refractivity contribution in [3.8, 4) is 5.75 Å². The van der Waals surface area contributed by atoms with E-state index in [9.17, 15) is 14.7 Å². The molecule has 0 spiro atoms. The molecule has 8 heteroatoms. The van der Waals surface area contributed by atoms with Crippen molar-refractivity contribution in [2.24, 2.45) is 0 Å². The summed E-state index contributed by atoms with van der Waals surface area (Å²) >= 11 is 7.29. The Balaban J connectivity index is 1.93. The van der Waals surface area contributed by atoms with Crippen LogP contribution < -0.4 is 15.4 Å². The van der Waals surface area contributed by atoms with Gasteiger partial charge in [0.25, 0.3) is 0 Å². The van der Waals surface area contributed by atoms with Crippen LogP contribution in [0.3, 0.4) is 0 Å². The van der Waals surface area contributed by atoms with E-state index in [1.807, 2.05) is 5.38 Å². The second-order valence-electron chi connectivity index (χ2n) is 4.58. The topological polar surface area (TPSA) is 87.7 Å². The van der Waals surface area contributed by atoms with Gasteiger partial charge in [-0.1, -0.05) is 11.6 Å². The highest BCUT2D eigenvalue weighted by atomic mass is 35.5. The molecule has 2 amide bonds. The molecule has 0 aliphatic rings. The molecule has 6 nitrogen and oxygen atoms in total. The summed E-state index contributed by atoms with van der Waals surface area (Å²) < 4.78 is 5.08. The van der Waals surface area contributed by atoms with Crippen molar-refractivity contribution in [2.45, 2.75) is 6.10 Å². The van der Waals surface area contributed by atoms with Crippen molar-refractivity contribution in [1.82, 2.24) is 5.32 Å². The third-order valence-corrected chi connectivity index (χ3v) is 3.94. The smallest absolute Gasteiger partial charge is 0.313 e. The lowest BCUT2D eigenvalue weighted by atomic mass is 10.2. The van der Waals surface area contributed by atoms with E-state index >= 15 is 0 Å². The van der Waals surface area contributed by atoms with E-state index in [1.54, 1.807) is 23.6 Å². The summed E-state index contributed by atoms with van der Waals surface area (Å²) in [4.78, 5) is 23.7. The van der Waals surface area contributed by atoms with Crippen LogP contribution in [0.15, 0.2) is 35.0 Å².